The number of rotatable bonds is 6. The van der Waals surface area contributed by atoms with E-state index in [4.69, 9.17) is 0 Å². The average molecular weight is 455 g/mol. The van der Waals surface area contributed by atoms with E-state index >= 15 is 0 Å². The molecule has 11 heteroatoms. The van der Waals surface area contributed by atoms with Gasteiger partial charge < -0.3 is 15.5 Å². The van der Waals surface area contributed by atoms with Gasteiger partial charge in [0.2, 0.25) is 5.82 Å². The second kappa shape index (κ2) is 9.11. The van der Waals surface area contributed by atoms with Crippen LogP contribution in [0.4, 0.5) is 30.5 Å². The van der Waals surface area contributed by atoms with Crippen LogP contribution in [0.5, 0.6) is 0 Å². The fraction of sp³-hybridized carbons (Fsp3) is 0.714. The molecular weight excluding hydrogens is 427 g/mol. The highest BCUT2D eigenvalue weighted by molar-refractivity contribution is 6.00. The molecule has 0 bridgehead atoms. The molecule has 3 aliphatic rings. The zero-order valence-corrected chi connectivity index (χ0v) is 17.8. The summed E-state index contributed by atoms with van der Waals surface area (Å²) < 4.78 is 39.3. The Labute approximate surface area is 184 Å². The molecule has 32 heavy (non-hydrogen) atoms. The van der Waals surface area contributed by atoms with E-state index in [0.717, 1.165) is 44.9 Å². The topological polar surface area (TPSA) is 100 Å². The predicted molar refractivity (Wildman–Crippen MR) is 113 cm³/mol. The molecule has 1 aliphatic heterocycles. The number of carbonyl (C=O) groups excluding carboxylic acids is 1. The largest absolute Gasteiger partial charge is 0.391 e. The van der Waals surface area contributed by atoms with E-state index in [9.17, 15) is 28.1 Å². The summed E-state index contributed by atoms with van der Waals surface area (Å²) in [5.41, 5.74) is -0.242. The van der Waals surface area contributed by atoms with E-state index in [2.05, 4.69) is 15.6 Å². The van der Waals surface area contributed by atoms with Gasteiger partial charge in [-0.05, 0) is 38.5 Å². The van der Waals surface area contributed by atoms with Crippen molar-refractivity contribution in [1.82, 2.24) is 10.3 Å². The first kappa shape index (κ1) is 22.6. The third-order valence-electron chi connectivity index (χ3n) is 6.54. The second-order valence-electron chi connectivity index (χ2n) is 9.01. The number of hydrogen-bond acceptors (Lipinski definition) is 6. The molecule has 0 unspecified atom stereocenters. The van der Waals surface area contributed by atoms with Crippen LogP contribution >= 0.6 is 0 Å². The summed E-state index contributed by atoms with van der Waals surface area (Å²) in [6.07, 6.45) is 2.09. The van der Waals surface area contributed by atoms with E-state index in [1.165, 1.54) is 6.07 Å². The molecule has 176 valence electrons. The van der Waals surface area contributed by atoms with E-state index in [0.29, 0.717) is 0 Å². The maximum absolute atomic E-state index is 13.1. The van der Waals surface area contributed by atoms with E-state index in [1.807, 2.05) is 0 Å². The van der Waals surface area contributed by atoms with Crippen LogP contribution in [-0.4, -0.2) is 47.2 Å². The fourth-order valence-corrected chi connectivity index (χ4v) is 4.50. The van der Waals surface area contributed by atoms with Crippen molar-refractivity contribution >= 4 is 23.2 Å². The molecule has 0 radical (unpaired) electrons. The molecule has 2 N–H and O–H groups in total. The van der Waals surface area contributed by atoms with Gasteiger partial charge in [0.1, 0.15) is 5.82 Å². The minimum absolute atomic E-state index is 0.0108. The van der Waals surface area contributed by atoms with Crippen LogP contribution in [0.15, 0.2) is 6.07 Å². The first-order valence-electron chi connectivity index (χ1n) is 11.3. The van der Waals surface area contributed by atoms with Crippen LogP contribution in [0.1, 0.15) is 68.1 Å². The third-order valence-corrected chi connectivity index (χ3v) is 6.54. The molecule has 1 aromatic heterocycles. The number of nitro groups is 1. The molecule has 0 aromatic carbocycles. The van der Waals surface area contributed by atoms with Gasteiger partial charge in [-0.25, -0.2) is 4.98 Å². The molecule has 2 aliphatic carbocycles. The number of nitrogens with zero attached hydrogens (tertiary/aromatic N) is 3. The Morgan fingerprint density at radius 3 is 2.28 bits per heavy atom. The highest BCUT2D eigenvalue weighted by Gasteiger charge is 2.42. The fourth-order valence-electron chi connectivity index (χ4n) is 4.50. The van der Waals surface area contributed by atoms with Gasteiger partial charge in [-0.15, -0.1) is 0 Å². The lowest BCUT2D eigenvalue weighted by Gasteiger charge is -2.34. The molecule has 4 rings (SSSR count). The summed E-state index contributed by atoms with van der Waals surface area (Å²) in [6.45, 7) is 0.170. The number of piperidine rings is 1. The quantitative estimate of drug-likeness (QED) is 0.487. The SMILES string of the molecule is O=C(NC1CCCCC1)c1cc([N+](=O)[O-])c(NC2CC2)nc1N1CCC(C(F)(F)F)CC1. The zero-order valence-electron chi connectivity index (χ0n) is 17.8. The lowest BCUT2D eigenvalue weighted by atomic mass is 9.95. The molecule has 2 saturated carbocycles. The maximum Gasteiger partial charge on any atom is 0.391 e. The van der Waals surface area contributed by atoms with Crippen molar-refractivity contribution in [1.29, 1.82) is 0 Å². The number of alkyl halides is 3. The van der Waals surface area contributed by atoms with Crippen LogP contribution < -0.4 is 15.5 Å². The number of carbonyl (C=O) groups is 1. The van der Waals surface area contributed by atoms with Gasteiger partial charge in [0.15, 0.2) is 0 Å². The Hall–Kier alpha value is -2.59. The van der Waals surface area contributed by atoms with Crippen molar-refractivity contribution in [3.63, 3.8) is 0 Å². The molecule has 8 nitrogen and oxygen atoms in total. The van der Waals surface area contributed by atoms with Crippen LogP contribution in [0, 0.1) is 16.0 Å². The Bertz CT molecular complexity index is 861. The smallest absolute Gasteiger partial charge is 0.362 e. The lowest BCUT2D eigenvalue weighted by Crippen LogP contribution is -2.41. The first-order chi connectivity index (χ1) is 15.2. The highest BCUT2D eigenvalue weighted by atomic mass is 19.4. The van der Waals surface area contributed by atoms with Crippen LogP contribution in [-0.2, 0) is 0 Å². The van der Waals surface area contributed by atoms with E-state index in [1.54, 1.807) is 4.90 Å². The zero-order chi connectivity index (χ0) is 22.9. The number of halogens is 3. The highest BCUT2D eigenvalue weighted by Crippen LogP contribution is 2.38. The molecule has 1 amide bonds. The van der Waals surface area contributed by atoms with Gasteiger partial charge in [0.25, 0.3) is 5.91 Å². The Morgan fingerprint density at radius 2 is 1.72 bits per heavy atom. The predicted octanol–water partition coefficient (Wildman–Crippen LogP) is 4.41. The number of amides is 1. The monoisotopic (exact) mass is 455 g/mol. The number of anilines is 2. The molecule has 1 saturated heterocycles. The van der Waals surface area contributed by atoms with Gasteiger partial charge in [-0.3, -0.25) is 14.9 Å². The molecule has 0 spiro atoms. The van der Waals surface area contributed by atoms with Crippen molar-refractivity contribution in [2.75, 3.05) is 23.3 Å². The second-order valence-corrected chi connectivity index (χ2v) is 9.01. The molecule has 2 heterocycles. The van der Waals surface area contributed by atoms with Gasteiger partial charge in [0, 0.05) is 31.2 Å². The molecular formula is C21H28F3N5O3. The Morgan fingerprint density at radius 1 is 1.06 bits per heavy atom. The van der Waals surface area contributed by atoms with Gasteiger partial charge in [-0.2, -0.15) is 13.2 Å². The van der Waals surface area contributed by atoms with E-state index in [-0.39, 0.29) is 60.9 Å². The van der Waals surface area contributed by atoms with Crippen LogP contribution in [0.25, 0.3) is 0 Å². The van der Waals surface area contributed by atoms with Crippen molar-refractivity contribution in [3.8, 4) is 0 Å². The summed E-state index contributed by atoms with van der Waals surface area (Å²) in [4.78, 5) is 30.3. The Kier molecular flexibility index (Phi) is 6.43. The summed E-state index contributed by atoms with van der Waals surface area (Å²) in [7, 11) is 0. The Balaban J connectivity index is 1.63. The van der Waals surface area contributed by atoms with Crippen molar-refractivity contribution in [3.05, 3.63) is 21.7 Å². The number of aromatic nitrogens is 1. The number of nitrogens with one attached hydrogen (secondary N) is 2. The lowest BCUT2D eigenvalue weighted by molar-refractivity contribution is -0.384. The van der Waals surface area contributed by atoms with E-state index < -0.39 is 22.9 Å². The normalized spacial score (nSPS) is 20.8. The van der Waals surface area contributed by atoms with Crippen molar-refractivity contribution in [2.45, 2.75) is 76.0 Å². The molecule has 3 fully saturated rings. The minimum Gasteiger partial charge on any atom is -0.362 e. The van der Waals surface area contributed by atoms with Gasteiger partial charge in [0.05, 0.1) is 16.4 Å². The standard InChI is InChI=1S/C21H28F3N5O3/c22-21(23,24)13-8-10-28(11-9-13)19-16(20(30)26-14-4-2-1-3-5-14)12-17(29(31)32)18(27-19)25-15-6-7-15/h12-15H,1-11H2,(H,25,27)(H,26,30). The minimum atomic E-state index is -4.26. The maximum atomic E-state index is 13.1. The summed E-state index contributed by atoms with van der Waals surface area (Å²) in [5.74, 6) is -1.56. The van der Waals surface area contributed by atoms with Crippen molar-refractivity contribution < 1.29 is 22.9 Å². The first-order valence-corrected chi connectivity index (χ1v) is 11.3. The number of hydrogen-bond donors (Lipinski definition) is 2. The molecule has 0 atom stereocenters. The summed E-state index contributed by atoms with van der Waals surface area (Å²) in [6, 6.07) is 1.30. The average Bonchev–Trinajstić information content (AvgIpc) is 3.57. The number of pyridine rings is 1. The summed E-state index contributed by atoms with van der Waals surface area (Å²) >= 11 is 0. The molecule has 1 aromatic rings. The van der Waals surface area contributed by atoms with Crippen molar-refractivity contribution in [2.24, 2.45) is 5.92 Å². The third kappa shape index (κ3) is 5.24. The summed E-state index contributed by atoms with van der Waals surface area (Å²) in [5, 5.41) is 17.7. The van der Waals surface area contributed by atoms with Crippen LogP contribution in [0.3, 0.4) is 0 Å². The van der Waals surface area contributed by atoms with Gasteiger partial charge in [-0.1, -0.05) is 19.3 Å². The van der Waals surface area contributed by atoms with Gasteiger partial charge >= 0.3 is 11.9 Å². The van der Waals surface area contributed by atoms with Crippen LogP contribution in [0.2, 0.25) is 0 Å².